The summed E-state index contributed by atoms with van der Waals surface area (Å²) in [5, 5.41) is 2.80. The van der Waals surface area contributed by atoms with E-state index >= 15 is 0 Å². The number of carbonyl (C=O) groups excluding carboxylic acids is 1. The summed E-state index contributed by atoms with van der Waals surface area (Å²) in [5.41, 5.74) is 7.02. The standard InChI is InChI=1S/C12H18N2O/c1-9(2)7-8-12(15)14-11-6-4-3-5-10(11)13/h3-6,9H,7-8,13H2,1-2H3,(H,14,15). The summed E-state index contributed by atoms with van der Waals surface area (Å²) < 4.78 is 0. The van der Waals surface area contributed by atoms with E-state index in [1.165, 1.54) is 0 Å². The highest BCUT2D eigenvalue weighted by molar-refractivity contribution is 5.93. The zero-order valence-corrected chi connectivity index (χ0v) is 9.29. The first-order valence-electron chi connectivity index (χ1n) is 5.24. The number of rotatable bonds is 4. The van der Waals surface area contributed by atoms with E-state index < -0.39 is 0 Å². The molecular weight excluding hydrogens is 188 g/mol. The van der Waals surface area contributed by atoms with Crippen LogP contribution < -0.4 is 11.1 Å². The third kappa shape index (κ3) is 4.02. The Morgan fingerprint density at radius 2 is 2.07 bits per heavy atom. The number of carbonyl (C=O) groups is 1. The van der Waals surface area contributed by atoms with Gasteiger partial charge in [-0.2, -0.15) is 0 Å². The molecule has 1 aromatic carbocycles. The van der Waals surface area contributed by atoms with Crippen molar-refractivity contribution < 1.29 is 4.79 Å². The summed E-state index contributed by atoms with van der Waals surface area (Å²) in [7, 11) is 0. The summed E-state index contributed by atoms with van der Waals surface area (Å²) in [6.07, 6.45) is 1.45. The third-order valence-corrected chi connectivity index (χ3v) is 2.18. The van der Waals surface area contributed by atoms with E-state index in [-0.39, 0.29) is 5.91 Å². The molecule has 1 amide bonds. The van der Waals surface area contributed by atoms with Crippen molar-refractivity contribution >= 4 is 17.3 Å². The summed E-state index contributed by atoms with van der Waals surface area (Å²) >= 11 is 0. The molecule has 3 N–H and O–H groups in total. The first-order valence-corrected chi connectivity index (χ1v) is 5.24. The molecule has 0 aliphatic heterocycles. The Labute approximate surface area is 90.7 Å². The number of benzene rings is 1. The third-order valence-electron chi connectivity index (χ3n) is 2.18. The maximum Gasteiger partial charge on any atom is 0.224 e. The zero-order chi connectivity index (χ0) is 11.3. The average molecular weight is 206 g/mol. The maximum atomic E-state index is 11.5. The van der Waals surface area contributed by atoms with Gasteiger partial charge < -0.3 is 11.1 Å². The summed E-state index contributed by atoms with van der Waals surface area (Å²) in [6, 6.07) is 7.29. The molecule has 0 saturated carbocycles. The Morgan fingerprint density at radius 3 is 2.67 bits per heavy atom. The minimum atomic E-state index is 0.0293. The fourth-order valence-corrected chi connectivity index (χ4v) is 1.24. The number of nitrogens with one attached hydrogen (secondary N) is 1. The molecule has 0 radical (unpaired) electrons. The Morgan fingerprint density at radius 1 is 1.40 bits per heavy atom. The monoisotopic (exact) mass is 206 g/mol. The summed E-state index contributed by atoms with van der Waals surface area (Å²) in [4.78, 5) is 11.5. The maximum absolute atomic E-state index is 11.5. The molecule has 82 valence electrons. The lowest BCUT2D eigenvalue weighted by atomic mass is 10.1. The van der Waals surface area contributed by atoms with Gasteiger partial charge in [0.2, 0.25) is 5.91 Å². The molecule has 0 aliphatic rings. The molecule has 3 nitrogen and oxygen atoms in total. The molecule has 15 heavy (non-hydrogen) atoms. The second-order valence-electron chi connectivity index (χ2n) is 4.07. The van der Waals surface area contributed by atoms with Crippen LogP contribution in [-0.2, 0) is 4.79 Å². The minimum Gasteiger partial charge on any atom is -0.397 e. The van der Waals surface area contributed by atoms with Crippen molar-refractivity contribution in [1.82, 2.24) is 0 Å². The van der Waals surface area contributed by atoms with Crippen molar-refractivity contribution in [2.75, 3.05) is 11.1 Å². The molecule has 0 unspecified atom stereocenters. The van der Waals surface area contributed by atoms with E-state index in [0.717, 1.165) is 6.42 Å². The van der Waals surface area contributed by atoms with Gasteiger partial charge in [0.25, 0.3) is 0 Å². The van der Waals surface area contributed by atoms with Gasteiger partial charge in [0.15, 0.2) is 0 Å². The second-order valence-corrected chi connectivity index (χ2v) is 4.07. The van der Waals surface area contributed by atoms with Gasteiger partial charge in [-0.05, 0) is 24.5 Å². The molecule has 0 aromatic heterocycles. The Bertz CT molecular complexity index is 334. The molecular formula is C12H18N2O. The molecule has 3 heteroatoms. The molecule has 0 bridgehead atoms. The molecule has 1 aromatic rings. The highest BCUT2D eigenvalue weighted by Crippen LogP contribution is 2.17. The average Bonchev–Trinajstić information content (AvgIpc) is 2.18. The predicted molar refractivity (Wildman–Crippen MR) is 63.6 cm³/mol. The van der Waals surface area contributed by atoms with Crippen LogP contribution in [0.25, 0.3) is 0 Å². The van der Waals surface area contributed by atoms with Crippen LogP contribution in [0.4, 0.5) is 11.4 Å². The van der Waals surface area contributed by atoms with Crippen molar-refractivity contribution in [3.63, 3.8) is 0 Å². The fraction of sp³-hybridized carbons (Fsp3) is 0.417. The summed E-state index contributed by atoms with van der Waals surface area (Å²) in [5.74, 6) is 0.575. The topological polar surface area (TPSA) is 55.1 Å². The van der Waals surface area contributed by atoms with Crippen LogP contribution in [-0.4, -0.2) is 5.91 Å². The highest BCUT2D eigenvalue weighted by Gasteiger charge is 2.05. The number of nitrogen functional groups attached to an aromatic ring is 1. The van der Waals surface area contributed by atoms with Gasteiger partial charge >= 0.3 is 0 Å². The van der Waals surface area contributed by atoms with Crippen molar-refractivity contribution in [1.29, 1.82) is 0 Å². The fourth-order valence-electron chi connectivity index (χ4n) is 1.24. The number of hydrogen-bond acceptors (Lipinski definition) is 2. The molecule has 0 atom stereocenters. The van der Waals surface area contributed by atoms with Crippen molar-refractivity contribution in [2.24, 2.45) is 5.92 Å². The number of hydrogen-bond donors (Lipinski definition) is 2. The van der Waals surface area contributed by atoms with Crippen LogP contribution >= 0.6 is 0 Å². The molecule has 0 fully saturated rings. The van der Waals surface area contributed by atoms with Crippen molar-refractivity contribution in [3.8, 4) is 0 Å². The van der Waals surface area contributed by atoms with Gasteiger partial charge in [-0.15, -0.1) is 0 Å². The molecule has 1 rings (SSSR count). The van der Waals surface area contributed by atoms with Crippen molar-refractivity contribution in [3.05, 3.63) is 24.3 Å². The van der Waals surface area contributed by atoms with E-state index in [4.69, 9.17) is 5.73 Å². The Hall–Kier alpha value is -1.51. The zero-order valence-electron chi connectivity index (χ0n) is 9.29. The van der Waals surface area contributed by atoms with Gasteiger partial charge in [0.1, 0.15) is 0 Å². The van der Waals surface area contributed by atoms with Gasteiger partial charge in [-0.3, -0.25) is 4.79 Å². The second kappa shape index (κ2) is 5.39. The Kier molecular flexibility index (Phi) is 4.16. The first-order chi connectivity index (χ1) is 7.09. The van der Waals surface area contributed by atoms with Crippen LogP contribution in [0, 0.1) is 5.92 Å². The summed E-state index contributed by atoms with van der Waals surface area (Å²) in [6.45, 7) is 4.20. The smallest absolute Gasteiger partial charge is 0.224 e. The lowest BCUT2D eigenvalue weighted by Gasteiger charge is -2.08. The lowest BCUT2D eigenvalue weighted by molar-refractivity contribution is -0.116. The normalized spacial score (nSPS) is 10.3. The number of para-hydroxylation sites is 2. The SMILES string of the molecule is CC(C)CCC(=O)Nc1ccccc1N. The van der Waals surface area contributed by atoms with E-state index in [0.29, 0.717) is 23.7 Å². The minimum absolute atomic E-state index is 0.0293. The van der Waals surface area contributed by atoms with E-state index in [1.807, 2.05) is 18.2 Å². The largest absolute Gasteiger partial charge is 0.397 e. The van der Waals surface area contributed by atoms with E-state index in [1.54, 1.807) is 6.07 Å². The van der Waals surface area contributed by atoms with E-state index in [2.05, 4.69) is 19.2 Å². The van der Waals surface area contributed by atoms with Gasteiger partial charge in [-0.25, -0.2) is 0 Å². The number of amides is 1. The van der Waals surface area contributed by atoms with Gasteiger partial charge in [0, 0.05) is 6.42 Å². The van der Waals surface area contributed by atoms with Gasteiger partial charge in [-0.1, -0.05) is 26.0 Å². The lowest BCUT2D eigenvalue weighted by Crippen LogP contribution is -2.13. The van der Waals surface area contributed by atoms with Crippen LogP contribution in [0.15, 0.2) is 24.3 Å². The first kappa shape index (κ1) is 11.6. The van der Waals surface area contributed by atoms with Crippen LogP contribution in [0.2, 0.25) is 0 Å². The molecule has 0 saturated heterocycles. The van der Waals surface area contributed by atoms with Crippen LogP contribution in [0.5, 0.6) is 0 Å². The molecule has 0 heterocycles. The number of anilines is 2. The Balaban J connectivity index is 2.48. The van der Waals surface area contributed by atoms with Crippen molar-refractivity contribution in [2.45, 2.75) is 26.7 Å². The van der Waals surface area contributed by atoms with Crippen LogP contribution in [0.1, 0.15) is 26.7 Å². The quantitative estimate of drug-likeness (QED) is 0.744. The highest BCUT2D eigenvalue weighted by atomic mass is 16.1. The predicted octanol–water partition coefficient (Wildman–Crippen LogP) is 2.64. The number of nitrogens with two attached hydrogens (primary N) is 1. The van der Waals surface area contributed by atoms with Gasteiger partial charge in [0.05, 0.1) is 11.4 Å². The van der Waals surface area contributed by atoms with E-state index in [9.17, 15) is 4.79 Å². The molecule has 0 aliphatic carbocycles. The molecule has 0 spiro atoms. The van der Waals surface area contributed by atoms with Crippen LogP contribution in [0.3, 0.4) is 0 Å².